The number of aromatic nitrogens is 1. The Morgan fingerprint density at radius 2 is 1.80 bits per heavy atom. The molecule has 2 amide bonds. The molecule has 1 aliphatic heterocycles. The number of aryl methyl sites for hydroxylation is 1. The van der Waals surface area contributed by atoms with E-state index < -0.39 is 5.76 Å². The summed E-state index contributed by atoms with van der Waals surface area (Å²) in [6.45, 7) is 2.19. The molecule has 0 saturated carbocycles. The van der Waals surface area contributed by atoms with Crippen LogP contribution in [0.15, 0.2) is 57.7 Å². The number of piperidine rings is 1. The fourth-order valence-electron chi connectivity index (χ4n) is 3.82. The molecule has 1 N–H and O–H groups in total. The van der Waals surface area contributed by atoms with E-state index in [1.54, 1.807) is 18.2 Å². The number of carbonyl (C=O) groups is 2. The molecule has 1 fully saturated rings. The van der Waals surface area contributed by atoms with Crippen molar-refractivity contribution >= 4 is 22.9 Å². The maximum absolute atomic E-state index is 12.7. The summed E-state index contributed by atoms with van der Waals surface area (Å²) in [6.07, 6.45) is 3.44. The Kier molecular flexibility index (Phi) is 5.97. The lowest BCUT2D eigenvalue weighted by Crippen LogP contribution is -2.35. The summed E-state index contributed by atoms with van der Waals surface area (Å²) in [7, 11) is 0. The molecule has 156 valence electrons. The maximum atomic E-state index is 12.7. The fourth-order valence-corrected chi connectivity index (χ4v) is 3.82. The normalized spacial score (nSPS) is 14.1. The largest absolute Gasteiger partial charge is 0.419 e. The minimum atomic E-state index is -0.465. The Bertz CT molecular complexity index is 1110. The summed E-state index contributed by atoms with van der Waals surface area (Å²) in [6, 6.07) is 14.5. The number of fused-ring (bicyclic) bond motifs is 1. The minimum absolute atomic E-state index is 0.0501. The molecule has 1 saturated heterocycles. The lowest BCUT2D eigenvalue weighted by Gasteiger charge is -2.26. The Labute approximate surface area is 174 Å². The number of hydrogen-bond acceptors (Lipinski definition) is 4. The molecule has 0 spiro atoms. The molecule has 0 atom stereocenters. The lowest BCUT2D eigenvalue weighted by atomic mass is 10.1. The van der Waals surface area contributed by atoms with Gasteiger partial charge in [0.05, 0.1) is 5.52 Å². The van der Waals surface area contributed by atoms with E-state index in [0.717, 1.165) is 31.5 Å². The molecule has 7 nitrogen and oxygen atoms in total. The van der Waals surface area contributed by atoms with Crippen LogP contribution < -0.4 is 11.1 Å². The van der Waals surface area contributed by atoms with Gasteiger partial charge in [0.25, 0.3) is 5.91 Å². The van der Waals surface area contributed by atoms with Crippen LogP contribution in [0.25, 0.3) is 11.1 Å². The highest BCUT2D eigenvalue weighted by molar-refractivity contribution is 5.94. The first kappa shape index (κ1) is 19.9. The van der Waals surface area contributed by atoms with Crippen molar-refractivity contribution in [1.82, 2.24) is 14.8 Å². The van der Waals surface area contributed by atoms with E-state index in [0.29, 0.717) is 23.2 Å². The molecule has 1 aliphatic rings. The van der Waals surface area contributed by atoms with E-state index in [4.69, 9.17) is 4.42 Å². The molecule has 1 aromatic heterocycles. The summed E-state index contributed by atoms with van der Waals surface area (Å²) in [5, 5.41) is 2.86. The van der Waals surface area contributed by atoms with Gasteiger partial charge in [-0.05, 0) is 49.1 Å². The van der Waals surface area contributed by atoms with Crippen LogP contribution in [0.1, 0.15) is 41.6 Å². The zero-order valence-corrected chi connectivity index (χ0v) is 16.8. The van der Waals surface area contributed by atoms with Gasteiger partial charge in [-0.25, -0.2) is 4.79 Å². The smallest absolute Gasteiger partial charge is 0.408 e. The Balaban J connectivity index is 1.33. The molecule has 4 rings (SSSR count). The Morgan fingerprint density at radius 3 is 2.63 bits per heavy atom. The first-order valence-corrected chi connectivity index (χ1v) is 10.3. The second-order valence-corrected chi connectivity index (χ2v) is 7.57. The number of nitrogens with one attached hydrogen (secondary N) is 1. The first-order valence-electron chi connectivity index (χ1n) is 10.3. The van der Waals surface area contributed by atoms with Crippen LogP contribution in [0.5, 0.6) is 0 Å². The van der Waals surface area contributed by atoms with Gasteiger partial charge in [0.15, 0.2) is 5.58 Å². The molecule has 2 heterocycles. The molecule has 0 unspecified atom stereocenters. The number of carbonyl (C=O) groups excluding carboxylic acids is 2. The molecule has 0 aliphatic carbocycles. The maximum Gasteiger partial charge on any atom is 0.419 e. The molecule has 7 heteroatoms. The molecule has 0 radical (unpaired) electrons. The summed E-state index contributed by atoms with van der Waals surface area (Å²) in [5.74, 6) is -0.582. The van der Waals surface area contributed by atoms with Gasteiger partial charge in [-0.3, -0.25) is 14.2 Å². The van der Waals surface area contributed by atoms with Crippen LogP contribution in [-0.4, -0.2) is 34.4 Å². The van der Waals surface area contributed by atoms with Crippen molar-refractivity contribution in [2.75, 3.05) is 13.1 Å². The van der Waals surface area contributed by atoms with Crippen molar-refractivity contribution in [3.63, 3.8) is 0 Å². The van der Waals surface area contributed by atoms with Gasteiger partial charge in [0, 0.05) is 38.2 Å². The second-order valence-electron chi connectivity index (χ2n) is 7.57. The Hall–Kier alpha value is -3.35. The molecule has 2 aromatic carbocycles. The van der Waals surface area contributed by atoms with Gasteiger partial charge in [0.1, 0.15) is 0 Å². The number of likely N-dealkylation sites (tertiary alicyclic amines) is 1. The molecular formula is C23H25N3O4. The molecule has 0 bridgehead atoms. The number of nitrogens with zero attached hydrogens (tertiary/aromatic N) is 2. The van der Waals surface area contributed by atoms with E-state index in [2.05, 4.69) is 5.32 Å². The summed E-state index contributed by atoms with van der Waals surface area (Å²) >= 11 is 0. The number of benzene rings is 2. The van der Waals surface area contributed by atoms with Crippen LogP contribution in [0.2, 0.25) is 0 Å². The van der Waals surface area contributed by atoms with Crippen LogP contribution >= 0.6 is 0 Å². The average Bonchev–Trinajstić information content (AvgIpc) is 3.11. The number of amides is 2. The van der Waals surface area contributed by atoms with Crippen LogP contribution in [0.3, 0.4) is 0 Å². The van der Waals surface area contributed by atoms with Gasteiger partial charge in [0.2, 0.25) is 5.91 Å². The predicted octanol–water partition coefficient (Wildman–Crippen LogP) is 2.93. The van der Waals surface area contributed by atoms with E-state index in [1.807, 2.05) is 35.2 Å². The lowest BCUT2D eigenvalue weighted by molar-refractivity contribution is -0.121. The second kappa shape index (κ2) is 8.98. The molecular weight excluding hydrogens is 382 g/mol. The highest BCUT2D eigenvalue weighted by Crippen LogP contribution is 2.15. The van der Waals surface area contributed by atoms with E-state index in [9.17, 15) is 14.4 Å². The number of hydrogen-bond donors (Lipinski definition) is 1. The topological polar surface area (TPSA) is 84.5 Å². The van der Waals surface area contributed by atoms with E-state index in [-0.39, 0.29) is 24.8 Å². The van der Waals surface area contributed by atoms with E-state index >= 15 is 0 Å². The van der Waals surface area contributed by atoms with Crippen molar-refractivity contribution in [3.05, 3.63) is 70.2 Å². The zero-order valence-electron chi connectivity index (χ0n) is 16.8. The van der Waals surface area contributed by atoms with Gasteiger partial charge < -0.3 is 14.6 Å². The predicted molar refractivity (Wildman–Crippen MR) is 113 cm³/mol. The van der Waals surface area contributed by atoms with Crippen molar-refractivity contribution in [2.24, 2.45) is 0 Å². The summed E-state index contributed by atoms with van der Waals surface area (Å²) < 4.78 is 6.65. The monoisotopic (exact) mass is 407 g/mol. The van der Waals surface area contributed by atoms with Crippen molar-refractivity contribution in [3.8, 4) is 0 Å². The number of oxazole rings is 1. The standard InChI is InChI=1S/C23H25N3O4/c27-21(11-14-26-19-9-2-3-10-20(19)30-23(26)29)24-16-17-7-6-8-18(15-17)22(28)25-12-4-1-5-13-25/h2-3,6-10,15H,1,4-5,11-14,16H2,(H,24,27). The minimum Gasteiger partial charge on any atom is -0.408 e. The third kappa shape index (κ3) is 4.45. The van der Waals surface area contributed by atoms with Gasteiger partial charge in [-0.2, -0.15) is 0 Å². The summed E-state index contributed by atoms with van der Waals surface area (Å²) in [5.41, 5.74) is 2.72. The van der Waals surface area contributed by atoms with Crippen molar-refractivity contribution < 1.29 is 14.0 Å². The zero-order chi connectivity index (χ0) is 20.9. The van der Waals surface area contributed by atoms with Gasteiger partial charge in [-0.1, -0.05) is 24.3 Å². The molecule has 30 heavy (non-hydrogen) atoms. The van der Waals surface area contributed by atoms with Crippen LogP contribution in [0.4, 0.5) is 0 Å². The van der Waals surface area contributed by atoms with Crippen LogP contribution in [-0.2, 0) is 17.9 Å². The van der Waals surface area contributed by atoms with Crippen molar-refractivity contribution in [1.29, 1.82) is 0 Å². The van der Waals surface area contributed by atoms with Gasteiger partial charge in [-0.15, -0.1) is 0 Å². The first-order chi connectivity index (χ1) is 14.6. The average molecular weight is 407 g/mol. The third-order valence-corrected chi connectivity index (χ3v) is 5.44. The number of rotatable bonds is 6. The quantitative estimate of drug-likeness (QED) is 0.681. The van der Waals surface area contributed by atoms with Crippen molar-refractivity contribution in [2.45, 2.75) is 38.8 Å². The third-order valence-electron chi connectivity index (χ3n) is 5.44. The fraction of sp³-hybridized carbons (Fsp3) is 0.348. The van der Waals surface area contributed by atoms with Gasteiger partial charge >= 0.3 is 5.76 Å². The molecule has 3 aromatic rings. The highest BCUT2D eigenvalue weighted by atomic mass is 16.4. The highest BCUT2D eigenvalue weighted by Gasteiger charge is 2.18. The summed E-state index contributed by atoms with van der Waals surface area (Å²) in [4.78, 5) is 38.8. The Morgan fingerprint density at radius 1 is 1.00 bits per heavy atom. The van der Waals surface area contributed by atoms with E-state index in [1.165, 1.54) is 11.0 Å². The van der Waals surface area contributed by atoms with Crippen LogP contribution in [0, 0.1) is 0 Å². The number of para-hydroxylation sites is 2. The SMILES string of the molecule is O=C(CCn1c(=O)oc2ccccc21)NCc1cccc(C(=O)N2CCCCC2)c1.